The Kier molecular flexibility index (Phi) is 7.74. The number of nitrogens with two attached hydrogens (primary N) is 1. The molecule has 1 saturated carbocycles. The van der Waals surface area contributed by atoms with Gasteiger partial charge in [-0.3, -0.25) is 9.59 Å². The molecule has 1 fully saturated rings. The summed E-state index contributed by atoms with van der Waals surface area (Å²) in [5.74, 6) is -1.73. The van der Waals surface area contributed by atoms with E-state index in [0.29, 0.717) is 12.8 Å². The van der Waals surface area contributed by atoms with Crippen molar-refractivity contribution in [3.8, 4) is 0 Å². The molecule has 1 aliphatic carbocycles. The van der Waals surface area contributed by atoms with Crippen LogP contribution in [0.4, 0.5) is 0 Å². The second-order valence-corrected chi connectivity index (χ2v) is 6.46. The van der Waals surface area contributed by atoms with Crippen LogP contribution in [0, 0.1) is 11.3 Å². The van der Waals surface area contributed by atoms with Crippen molar-refractivity contribution in [2.75, 3.05) is 6.54 Å². The van der Waals surface area contributed by atoms with E-state index in [0.717, 1.165) is 12.8 Å². The number of carbonyl (C=O) groups is 2. The molecule has 0 aromatic rings. The van der Waals surface area contributed by atoms with Gasteiger partial charge in [0.1, 0.15) is 5.60 Å². The molecule has 1 atom stereocenters. The average molecular weight is 294 g/mol. The van der Waals surface area contributed by atoms with E-state index in [2.05, 4.69) is 0 Å². The minimum absolute atomic E-state index is 0. The molecule has 1 radical (unpaired) electrons. The maximum atomic E-state index is 12.0. The molecule has 6 heteroatoms. The van der Waals surface area contributed by atoms with E-state index in [1.165, 1.54) is 0 Å². The van der Waals surface area contributed by atoms with Crippen molar-refractivity contribution in [2.24, 2.45) is 17.1 Å². The molecule has 0 saturated heterocycles. The number of hydrogen-bond donors (Lipinski definition) is 2. The summed E-state index contributed by atoms with van der Waals surface area (Å²) in [4.78, 5) is 23.5. The molecule has 1 aliphatic rings. The minimum atomic E-state index is -0.813. The van der Waals surface area contributed by atoms with Gasteiger partial charge in [0.25, 0.3) is 0 Å². The first kappa shape index (κ1) is 19.9. The molecule has 20 heavy (non-hydrogen) atoms. The first-order valence-electron chi connectivity index (χ1n) is 6.86. The number of aliphatic carboxylic acids is 1. The quantitative estimate of drug-likeness (QED) is 0.593. The Hall–Kier alpha value is -0.100. The second kappa shape index (κ2) is 7.78. The predicted octanol–water partition coefficient (Wildman–Crippen LogP) is 1.56. The Bertz CT molecular complexity index is 346. The topological polar surface area (TPSA) is 89.6 Å². The third-order valence-electron chi connectivity index (χ3n) is 3.68. The minimum Gasteiger partial charge on any atom is -0.481 e. The van der Waals surface area contributed by atoms with Crippen LogP contribution in [0.3, 0.4) is 0 Å². The van der Waals surface area contributed by atoms with Crippen molar-refractivity contribution in [1.82, 2.24) is 0 Å². The molecular weight excluding hydrogens is 269 g/mol. The van der Waals surface area contributed by atoms with Gasteiger partial charge in [0.05, 0.1) is 11.3 Å². The van der Waals surface area contributed by atoms with Gasteiger partial charge in [0, 0.05) is 36.1 Å². The zero-order valence-electron chi connectivity index (χ0n) is 13.1. The van der Waals surface area contributed by atoms with Crippen molar-refractivity contribution in [3.63, 3.8) is 0 Å². The molecule has 111 valence electrons. The van der Waals surface area contributed by atoms with Crippen LogP contribution >= 0.6 is 0 Å². The molecule has 1 rings (SSSR count). The van der Waals surface area contributed by atoms with Gasteiger partial charge in [-0.15, -0.1) is 0 Å². The Morgan fingerprint density at radius 2 is 1.80 bits per heavy atom. The van der Waals surface area contributed by atoms with Gasteiger partial charge in [0.15, 0.2) is 0 Å². The van der Waals surface area contributed by atoms with Gasteiger partial charge in [-0.1, -0.05) is 12.8 Å². The van der Waals surface area contributed by atoms with Gasteiger partial charge in [-0.2, -0.15) is 0 Å². The zero-order chi connectivity index (χ0) is 14.7. The Morgan fingerprint density at radius 3 is 2.15 bits per heavy atom. The molecule has 0 aromatic heterocycles. The van der Waals surface area contributed by atoms with E-state index >= 15 is 0 Å². The van der Waals surface area contributed by atoms with Gasteiger partial charge in [-0.05, 0) is 40.0 Å². The molecule has 3 N–H and O–H groups in total. The van der Waals surface area contributed by atoms with Gasteiger partial charge >= 0.3 is 11.9 Å². The fraction of sp³-hybridized carbons (Fsp3) is 0.857. The summed E-state index contributed by atoms with van der Waals surface area (Å²) in [5.41, 5.74) is 4.27. The molecular formula is C14H25NNaO4. The molecule has 5 nitrogen and oxygen atoms in total. The fourth-order valence-corrected chi connectivity index (χ4v) is 2.68. The number of ether oxygens (including phenoxy) is 1. The summed E-state index contributed by atoms with van der Waals surface area (Å²) in [6.07, 6.45) is 3.34. The van der Waals surface area contributed by atoms with Crippen LogP contribution in [0.2, 0.25) is 0 Å². The molecule has 0 heterocycles. The summed E-state index contributed by atoms with van der Waals surface area (Å²) < 4.78 is 5.31. The largest absolute Gasteiger partial charge is 0.481 e. The van der Waals surface area contributed by atoms with E-state index in [1.54, 1.807) is 20.8 Å². The summed E-state index contributed by atoms with van der Waals surface area (Å²) >= 11 is 0. The molecule has 0 aliphatic heterocycles. The fourth-order valence-electron chi connectivity index (χ4n) is 2.68. The zero-order valence-corrected chi connectivity index (χ0v) is 15.1. The van der Waals surface area contributed by atoms with Gasteiger partial charge < -0.3 is 15.6 Å². The van der Waals surface area contributed by atoms with Crippen LogP contribution in [-0.2, 0) is 14.3 Å². The van der Waals surface area contributed by atoms with E-state index in [4.69, 9.17) is 10.5 Å². The monoisotopic (exact) mass is 294 g/mol. The summed E-state index contributed by atoms with van der Waals surface area (Å²) in [6, 6.07) is 0. The summed E-state index contributed by atoms with van der Waals surface area (Å²) in [5, 5.41) is 9.43. The smallest absolute Gasteiger partial charge is 0.310 e. The second-order valence-electron chi connectivity index (χ2n) is 6.46. The number of esters is 1. The Labute approximate surface area is 142 Å². The first-order chi connectivity index (χ1) is 8.70. The molecule has 0 amide bonds. The average Bonchev–Trinajstić information content (AvgIpc) is 2.73. The first-order valence-corrected chi connectivity index (χ1v) is 6.86. The Balaban J connectivity index is 0.00000361. The van der Waals surface area contributed by atoms with Crippen molar-refractivity contribution < 1.29 is 19.4 Å². The Morgan fingerprint density at radius 1 is 1.30 bits per heavy atom. The van der Waals surface area contributed by atoms with Crippen LogP contribution in [-0.4, -0.2) is 58.7 Å². The van der Waals surface area contributed by atoms with Crippen LogP contribution in [0.1, 0.15) is 52.9 Å². The van der Waals surface area contributed by atoms with Crippen molar-refractivity contribution >= 4 is 41.5 Å². The summed E-state index contributed by atoms with van der Waals surface area (Å²) in [7, 11) is 0. The maximum Gasteiger partial charge on any atom is 0.310 e. The van der Waals surface area contributed by atoms with Crippen LogP contribution < -0.4 is 5.73 Å². The predicted molar refractivity (Wildman–Crippen MR) is 77.3 cm³/mol. The number of carbonyl (C=O) groups excluding carboxylic acids is 1. The molecule has 0 aromatic carbocycles. The number of hydrogen-bond acceptors (Lipinski definition) is 4. The van der Waals surface area contributed by atoms with E-state index in [9.17, 15) is 14.7 Å². The number of rotatable bonds is 5. The molecule has 0 bridgehead atoms. The van der Waals surface area contributed by atoms with E-state index < -0.39 is 22.9 Å². The van der Waals surface area contributed by atoms with Crippen molar-refractivity contribution in [2.45, 2.75) is 58.5 Å². The van der Waals surface area contributed by atoms with Gasteiger partial charge in [-0.25, -0.2) is 0 Å². The van der Waals surface area contributed by atoms with Crippen LogP contribution in [0.15, 0.2) is 0 Å². The van der Waals surface area contributed by atoms with Gasteiger partial charge in [0.2, 0.25) is 0 Å². The van der Waals surface area contributed by atoms with E-state index in [-0.39, 0.29) is 48.5 Å². The van der Waals surface area contributed by atoms with Crippen molar-refractivity contribution in [3.05, 3.63) is 0 Å². The number of carboxylic acid groups (broad SMARTS) is 1. The third-order valence-corrected chi connectivity index (χ3v) is 3.68. The summed E-state index contributed by atoms with van der Waals surface area (Å²) in [6.45, 7) is 5.51. The SMILES string of the molecule is CC(C)(C)OC(=O)[C@H](CN)CC1(C(=O)O)CCCC1.[Na]. The van der Waals surface area contributed by atoms with Crippen molar-refractivity contribution in [1.29, 1.82) is 0 Å². The molecule has 0 spiro atoms. The third kappa shape index (κ3) is 5.35. The maximum absolute atomic E-state index is 12.0. The van der Waals surface area contributed by atoms with E-state index in [1.807, 2.05) is 0 Å². The normalized spacial score (nSPS) is 19.0. The van der Waals surface area contributed by atoms with Crippen LogP contribution in [0.25, 0.3) is 0 Å². The number of carboxylic acids is 1. The standard InChI is InChI=1S/C14H25NO4.Na/c1-13(2,3)19-11(16)10(9-15)8-14(12(17)18)6-4-5-7-14;/h10H,4-9,15H2,1-3H3,(H,17,18);/t10-;/m0./s1. The molecule has 0 unspecified atom stereocenters. The van der Waals surface area contributed by atoms with Crippen LogP contribution in [0.5, 0.6) is 0 Å².